The fourth-order valence-corrected chi connectivity index (χ4v) is 3.47. The van der Waals surface area contributed by atoms with Crippen molar-refractivity contribution < 1.29 is 23.8 Å². The number of benzene rings is 1. The van der Waals surface area contributed by atoms with Crippen molar-refractivity contribution in [3.05, 3.63) is 29.8 Å². The van der Waals surface area contributed by atoms with Crippen molar-refractivity contribution in [2.24, 2.45) is 11.5 Å². The van der Waals surface area contributed by atoms with Gasteiger partial charge in [0.15, 0.2) is 5.72 Å². The molecule has 0 bridgehead atoms. The Kier molecular flexibility index (Phi) is 6.23. The van der Waals surface area contributed by atoms with E-state index in [0.29, 0.717) is 50.3 Å². The van der Waals surface area contributed by atoms with Gasteiger partial charge in [0.25, 0.3) is 0 Å². The number of ether oxygens (including phenoxy) is 3. The molecule has 3 rings (SSSR count). The molecule has 10 nitrogen and oxygen atoms in total. The number of cyclic esters (lactones) is 1. The van der Waals surface area contributed by atoms with Gasteiger partial charge in [-0.3, -0.25) is 20.9 Å². The number of nitrogens with one attached hydrogen (secondary N) is 1. The van der Waals surface area contributed by atoms with Crippen molar-refractivity contribution in [1.82, 2.24) is 4.90 Å². The van der Waals surface area contributed by atoms with Crippen molar-refractivity contribution in [2.45, 2.75) is 31.6 Å². The molecule has 29 heavy (non-hydrogen) atoms. The minimum absolute atomic E-state index is 0.0218. The highest BCUT2D eigenvalue weighted by molar-refractivity contribution is 5.96. The number of nitrogens with zero attached hydrogens (tertiary/aromatic N) is 2. The summed E-state index contributed by atoms with van der Waals surface area (Å²) in [6.07, 6.45) is -0.474. The Labute approximate surface area is 169 Å². The summed E-state index contributed by atoms with van der Waals surface area (Å²) in [6, 6.07) is 6.90. The predicted molar refractivity (Wildman–Crippen MR) is 106 cm³/mol. The number of hydrogen-bond donors (Lipinski definition) is 3. The Morgan fingerprint density at radius 2 is 1.97 bits per heavy atom. The number of likely N-dealkylation sites (tertiary alicyclic amines) is 1. The molecule has 2 aliphatic heterocycles. The van der Waals surface area contributed by atoms with Crippen LogP contribution in [-0.2, 0) is 14.2 Å². The Bertz CT molecular complexity index is 761. The molecule has 10 heteroatoms. The van der Waals surface area contributed by atoms with E-state index in [9.17, 15) is 9.59 Å². The predicted octanol–water partition coefficient (Wildman–Crippen LogP) is 1.22. The van der Waals surface area contributed by atoms with Gasteiger partial charge in [-0.1, -0.05) is 0 Å². The fraction of sp³-hybridized carbons (Fsp3) is 0.526. The maximum absolute atomic E-state index is 12.3. The van der Waals surface area contributed by atoms with E-state index in [4.69, 9.17) is 31.1 Å². The van der Waals surface area contributed by atoms with Crippen LogP contribution in [-0.4, -0.2) is 67.6 Å². The molecule has 0 aliphatic carbocycles. The van der Waals surface area contributed by atoms with Crippen LogP contribution in [0.5, 0.6) is 0 Å². The molecule has 1 unspecified atom stereocenters. The number of carbonyl (C=O) groups excluding carboxylic acids is 2. The second-order valence-corrected chi connectivity index (χ2v) is 7.23. The van der Waals surface area contributed by atoms with Crippen LogP contribution in [0.2, 0.25) is 0 Å². The highest BCUT2D eigenvalue weighted by Crippen LogP contribution is 2.25. The normalized spacial score (nSPS) is 21.5. The van der Waals surface area contributed by atoms with E-state index in [1.807, 2.05) is 0 Å². The van der Waals surface area contributed by atoms with Crippen LogP contribution in [0.4, 0.5) is 15.3 Å². The van der Waals surface area contributed by atoms with Gasteiger partial charge >= 0.3 is 12.2 Å². The lowest BCUT2D eigenvalue weighted by atomic mass is 10.0. The summed E-state index contributed by atoms with van der Waals surface area (Å²) in [6.45, 7) is 4.19. The smallest absolute Gasteiger partial charge is 0.443 e. The van der Waals surface area contributed by atoms with Gasteiger partial charge < -0.3 is 19.9 Å². The molecule has 1 aromatic rings. The number of carbonyl (C=O) groups is 2. The molecule has 1 aromatic carbocycles. The first kappa shape index (κ1) is 20.9. The molecule has 5 N–H and O–H groups in total. The summed E-state index contributed by atoms with van der Waals surface area (Å²) in [5.74, 6) is -0.0218. The molecule has 2 saturated heterocycles. The van der Waals surface area contributed by atoms with E-state index < -0.39 is 18.0 Å². The molecule has 0 spiro atoms. The highest BCUT2D eigenvalue weighted by Gasteiger charge is 2.38. The lowest BCUT2D eigenvalue weighted by molar-refractivity contribution is -0.0656. The van der Waals surface area contributed by atoms with Crippen molar-refractivity contribution in [2.75, 3.05) is 37.7 Å². The number of rotatable bonds is 6. The first-order valence-corrected chi connectivity index (χ1v) is 9.59. The number of anilines is 1. The molecular formula is C19H27N5O5. The van der Waals surface area contributed by atoms with Crippen LogP contribution in [0.1, 0.15) is 25.3 Å². The average molecular weight is 405 g/mol. The summed E-state index contributed by atoms with van der Waals surface area (Å²) in [4.78, 5) is 27.5. The maximum Gasteiger partial charge on any atom is 0.510 e. The number of piperidine rings is 1. The van der Waals surface area contributed by atoms with E-state index in [1.165, 1.54) is 0 Å². The Morgan fingerprint density at radius 1 is 1.31 bits per heavy atom. The van der Waals surface area contributed by atoms with Crippen molar-refractivity contribution in [1.29, 1.82) is 5.41 Å². The van der Waals surface area contributed by atoms with Gasteiger partial charge in [0.05, 0.1) is 13.2 Å². The van der Waals surface area contributed by atoms with Crippen molar-refractivity contribution in [3.8, 4) is 0 Å². The largest absolute Gasteiger partial charge is 0.510 e. The first-order valence-electron chi connectivity index (χ1n) is 9.59. The third-order valence-electron chi connectivity index (χ3n) is 5.08. The van der Waals surface area contributed by atoms with Crippen LogP contribution in [0.15, 0.2) is 24.3 Å². The van der Waals surface area contributed by atoms with Gasteiger partial charge in [0.1, 0.15) is 11.9 Å². The highest BCUT2D eigenvalue weighted by atomic mass is 16.7. The maximum atomic E-state index is 12.3. The van der Waals surface area contributed by atoms with E-state index >= 15 is 0 Å². The second-order valence-electron chi connectivity index (χ2n) is 7.23. The molecule has 158 valence electrons. The molecular weight excluding hydrogens is 378 g/mol. The zero-order valence-corrected chi connectivity index (χ0v) is 16.4. The Morgan fingerprint density at radius 3 is 2.55 bits per heavy atom. The van der Waals surface area contributed by atoms with Gasteiger partial charge in [0.2, 0.25) is 0 Å². The molecule has 2 aliphatic rings. The van der Waals surface area contributed by atoms with E-state index in [1.54, 1.807) is 36.1 Å². The topological polar surface area (TPSA) is 144 Å². The van der Waals surface area contributed by atoms with E-state index in [2.05, 4.69) is 4.90 Å². The lowest BCUT2D eigenvalue weighted by Gasteiger charge is -2.38. The summed E-state index contributed by atoms with van der Waals surface area (Å²) >= 11 is 0. The van der Waals surface area contributed by atoms with E-state index in [0.717, 1.165) is 0 Å². The van der Waals surface area contributed by atoms with Crippen LogP contribution < -0.4 is 16.4 Å². The first-order chi connectivity index (χ1) is 13.8. The molecule has 2 heterocycles. The van der Waals surface area contributed by atoms with Gasteiger partial charge in [-0.25, -0.2) is 9.59 Å². The minimum atomic E-state index is -1.03. The number of amidine groups is 1. The summed E-state index contributed by atoms with van der Waals surface area (Å²) in [5.41, 5.74) is 11.9. The Balaban J connectivity index is 1.50. The number of amides is 1. The number of hydrogen-bond acceptors (Lipinski definition) is 8. The standard InChI is InChI=1S/C19H27N5O5/c1-2-27-18(26)29-19(22)7-9-23(10-8-19)11-15-12-24(17(25)28-15)14-5-3-13(4-6-14)16(20)21/h3-6,15H,2,7-12,22H2,1H3,(H3,20,21). The number of nitrogens with two attached hydrogens (primary N) is 2. The van der Waals surface area contributed by atoms with Gasteiger partial charge in [-0.2, -0.15) is 0 Å². The van der Waals surface area contributed by atoms with E-state index in [-0.39, 0.29) is 18.5 Å². The van der Waals surface area contributed by atoms with Gasteiger partial charge in [0, 0.05) is 43.7 Å². The molecule has 0 radical (unpaired) electrons. The average Bonchev–Trinajstić information content (AvgIpc) is 3.04. The molecule has 1 atom stereocenters. The quantitative estimate of drug-likeness (QED) is 0.277. The molecule has 1 amide bonds. The van der Waals surface area contributed by atoms with Crippen LogP contribution in [0, 0.1) is 5.41 Å². The van der Waals surface area contributed by atoms with Crippen LogP contribution in [0.25, 0.3) is 0 Å². The number of nitrogen functional groups attached to an aromatic ring is 1. The summed E-state index contributed by atoms with van der Waals surface area (Å²) < 4.78 is 15.5. The lowest BCUT2D eigenvalue weighted by Crippen LogP contribution is -2.54. The monoisotopic (exact) mass is 405 g/mol. The SMILES string of the molecule is CCOC(=O)OC1(N)CCN(CC2CN(c3ccc(C(=N)N)cc3)C(=O)O2)CC1. The van der Waals surface area contributed by atoms with Gasteiger partial charge in [-0.15, -0.1) is 0 Å². The van der Waals surface area contributed by atoms with Gasteiger partial charge in [-0.05, 0) is 31.2 Å². The van der Waals surface area contributed by atoms with Crippen molar-refractivity contribution >= 4 is 23.8 Å². The third kappa shape index (κ3) is 5.15. The van der Waals surface area contributed by atoms with Crippen molar-refractivity contribution in [3.63, 3.8) is 0 Å². The molecule has 0 saturated carbocycles. The van der Waals surface area contributed by atoms with Crippen LogP contribution in [0.3, 0.4) is 0 Å². The minimum Gasteiger partial charge on any atom is -0.443 e. The summed E-state index contributed by atoms with van der Waals surface area (Å²) in [7, 11) is 0. The second kappa shape index (κ2) is 8.66. The zero-order chi connectivity index (χ0) is 21.0. The third-order valence-corrected chi connectivity index (χ3v) is 5.08. The fourth-order valence-electron chi connectivity index (χ4n) is 3.47. The zero-order valence-electron chi connectivity index (χ0n) is 16.4. The van der Waals surface area contributed by atoms with Crippen LogP contribution >= 0.6 is 0 Å². The summed E-state index contributed by atoms with van der Waals surface area (Å²) in [5, 5.41) is 7.44. The molecule has 0 aromatic heterocycles. The Hall–Kier alpha value is -2.85. The molecule has 2 fully saturated rings.